The first-order valence-electron chi connectivity index (χ1n) is 9.35. The van der Waals surface area contributed by atoms with E-state index in [0.717, 1.165) is 16.7 Å². The number of benzene rings is 3. The van der Waals surface area contributed by atoms with Gasteiger partial charge in [0.1, 0.15) is 0 Å². The van der Waals surface area contributed by atoms with Crippen molar-refractivity contribution in [1.82, 2.24) is 0 Å². The number of hydrogen-bond acceptors (Lipinski definition) is 2. The SMILES string of the molecule is CC(C)(C)c1ccc(C(=O)c2cccc(CCO)c2-c2ccccc2)cc1. The molecule has 0 saturated heterocycles. The smallest absolute Gasteiger partial charge is 0.193 e. The molecule has 0 radical (unpaired) electrons. The lowest BCUT2D eigenvalue weighted by atomic mass is 9.85. The molecule has 0 aromatic heterocycles. The van der Waals surface area contributed by atoms with Gasteiger partial charge in [-0.15, -0.1) is 0 Å². The zero-order valence-corrected chi connectivity index (χ0v) is 16.2. The molecule has 0 amide bonds. The molecule has 138 valence electrons. The molecule has 27 heavy (non-hydrogen) atoms. The lowest BCUT2D eigenvalue weighted by Crippen LogP contribution is -2.12. The van der Waals surface area contributed by atoms with Crippen molar-refractivity contribution in [3.63, 3.8) is 0 Å². The molecule has 3 aromatic carbocycles. The van der Waals surface area contributed by atoms with Crippen LogP contribution in [0, 0.1) is 0 Å². The van der Waals surface area contributed by atoms with Crippen LogP contribution in [0.4, 0.5) is 0 Å². The van der Waals surface area contributed by atoms with Gasteiger partial charge in [0.15, 0.2) is 5.78 Å². The zero-order chi connectivity index (χ0) is 19.4. The van der Waals surface area contributed by atoms with E-state index in [9.17, 15) is 9.90 Å². The summed E-state index contributed by atoms with van der Waals surface area (Å²) < 4.78 is 0. The average molecular weight is 358 g/mol. The van der Waals surface area contributed by atoms with E-state index in [2.05, 4.69) is 20.8 Å². The molecule has 0 fully saturated rings. The maximum absolute atomic E-state index is 13.3. The minimum Gasteiger partial charge on any atom is -0.396 e. The zero-order valence-electron chi connectivity index (χ0n) is 16.2. The maximum Gasteiger partial charge on any atom is 0.193 e. The van der Waals surface area contributed by atoms with Crippen molar-refractivity contribution in [2.45, 2.75) is 32.6 Å². The van der Waals surface area contributed by atoms with E-state index in [4.69, 9.17) is 0 Å². The molecule has 2 heteroatoms. The molecule has 0 spiro atoms. The fourth-order valence-corrected chi connectivity index (χ4v) is 3.34. The molecule has 0 saturated carbocycles. The van der Waals surface area contributed by atoms with Crippen LogP contribution in [0.5, 0.6) is 0 Å². The molecular weight excluding hydrogens is 332 g/mol. The van der Waals surface area contributed by atoms with E-state index in [1.807, 2.05) is 72.8 Å². The van der Waals surface area contributed by atoms with Crippen molar-refractivity contribution < 1.29 is 9.90 Å². The summed E-state index contributed by atoms with van der Waals surface area (Å²) >= 11 is 0. The Labute approximate surface area is 161 Å². The van der Waals surface area contributed by atoms with Crippen LogP contribution < -0.4 is 0 Å². The predicted molar refractivity (Wildman–Crippen MR) is 111 cm³/mol. The first kappa shape index (κ1) is 19.1. The van der Waals surface area contributed by atoms with Gasteiger partial charge in [0.2, 0.25) is 0 Å². The standard InChI is InChI=1S/C25H26O2/c1-25(2,3)21-14-12-20(13-15-21)24(27)22-11-7-10-19(16-17-26)23(22)18-8-5-4-6-9-18/h4-15,26H,16-17H2,1-3H3. The highest BCUT2D eigenvalue weighted by Crippen LogP contribution is 2.30. The lowest BCUT2D eigenvalue weighted by Gasteiger charge is -2.19. The third kappa shape index (κ3) is 4.17. The summed E-state index contributed by atoms with van der Waals surface area (Å²) in [6.07, 6.45) is 0.522. The van der Waals surface area contributed by atoms with Gasteiger partial charge < -0.3 is 5.11 Å². The van der Waals surface area contributed by atoms with Crippen molar-refractivity contribution in [1.29, 1.82) is 0 Å². The fraction of sp³-hybridized carbons (Fsp3) is 0.240. The summed E-state index contributed by atoms with van der Waals surface area (Å²) in [7, 11) is 0. The second-order valence-electron chi connectivity index (χ2n) is 7.84. The van der Waals surface area contributed by atoms with Crippen molar-refractivity contribution in [2.75, 3.05) is 6.61 Å². The molecule has 0 aliphatic heterocycles. The molecule has 2 nitrogen and oxygen atoms in total. The van der Waals surface area contributed by atoms with Gasteiger partial charge in [0.05, 0.1) is 0 Å². The molecule has 1 N–H and O–H groups in total. The van der Waals surface area contributed by atoms with E-state index in [0.29, 0.717) is 17.5 Å². The lowest BCUT2D eigenvalue weighted by molar-refractivity contribution is 0.103. The van der Waals surface area contributed by atoms with Gasteiger partial charge in [-0.05, 0) is 34.1 Å². The molecule has 0 unspecified atom stereocenters. The van der Waals surface area contributed by atoms with Crippen molar-refractivity contribution in [3.8, 4) is 11.1 Å². The first-order valence-corrected chi connectivity index (χ1v) is 9.35. The number of aliphatic hydroxyl groups excluding tert-OH is 1. The number of carbonyl (C=O) groups is 1. The Morgan fingerprint density at radius 1 is 0.852 bits per heavy atom. The number of rotatable bonds is 5. The Kier molecular flexibility index (Phi) is 5.57. The van der Waals surface area contributed by atoms with Crippen LogP contribution in [0.2, 0.25) is 0 Å². The predicted octanol–water partition coefficient (Wildman–Crippen LogP) is 5.42. The summed E-state index contributed by atoms with van der Waals surface area (Å²) in [4.78, 5) is 13.3. The monoisotopic (exact) mass is 358 g/mol. The fourth-order valence-electron chi connectivity index (χ4n) is 3.34. The Bertz CT molecular complexity index is 917. The second kappa shape index (κ2) is 7.89. The summed E-state index contributed by atoms with van der Waals surface area (Å²) in [5.41, 5.74) is 5.51. The van der Waals surface area contributed by atoms with Crippen LogP contribution in [-0.4, -0.2) is 17.5 Å². The van der Waals surface area contributed by atoms with E-state index in [1.165, 1.54) is 5.56 Å². The summed E-state index contributed by atoms with van der Waals surface area (Å²) in [6.45, 7) is 6.54. The Hall–Kier alpha value is -2.71. The summed E-state index contributed by atoms with van der Waals surface area (Å²) in [5, 5.41) is 9.46. The number of carbonyl (C=O) groups excluding carboxylic acids is 1. The van der Waals surface area contributed by atoms with Crippen LogP contribution in [0.3, 0.4) is 0 Å². The van der Waals surface area contributed by atoms with Crippen molar-refractivity contribution in [2.24, 2.45) is 0 Å². The molecule has 0 bridgehead atoms. The topological polar surface area (TPSA) is 37.3 Å². The number of ketones is 1. The number of hydrogen-bond donors (Lipinski definition) is 1. The molecule has 3 rings (SSSR count). The Morgan fingerprint density at radius 3 is 2.11 bits per heavy atom. The van der Waals surface area contributed by atoms with E-state index in [1.54, 1.807) is 0 Å². The highest BCUT2D eigenvalue weighted by Gasteiger charge is 2.19. The van der Waals surface area contributed by atoms with Crippen molar-refractivity contribution in [3.05, 3.63) is 95.1 Å². The van der Waals surface area contributed by atoms with E-state index < -0.39 is 0 Å². The third-order valence-electron chi connectivity index (χ3n) is 4.85. The Balaban J connectivity index is 2.08. The van der Waals surface area contributed by atoms with E-state index >= 15 is 0 Å². The molecule has 3 aromatic rings. The van der Waals surface area contributed by atoms with Crippen LogP contribution in [0.25, 0.3) is 11.1 Å². The first-order chi connectivity index (χ1) is 12.9. The molecule has 0 atom stereocenters. The third-order valence-corrected chi connectivity index (χ3v) is 4.85. The van der Waals surface area contributed by atoms with Gasteiger partial charge in [-0.2, -0.15) is 0 Å². The van der Waals surface area contributed by atoms with Crippen LogP contribution >= 0.6 is 0 Å². The normalized spacial score (nSPS) is 11.4. The van der Waals surface area contributed by atoms with E-state index in [-0.39, 0.29) is 17.8 Å². The van der Waals surface area contributed by atoms with Gasteiger partial charge >= 0.3 is 0 Å². The second-order valence-corrected chi connectivity index (χ2v) is 7.84. The maximum atomic E-state index is 13.3. The van der Waals surface area contributed by atoms with Crippen LogP contribution in [-0.2, 0) is 11.8 Å². The summed E-state index contributed by atoms with van der Waals surface area (Å²) in [6, 6.07) is 23.6. The van der Waals surface area contributed by atoms with Crippen LogP contribution in [0.1, 0.15) is 47.8 Å². The summed E-state index contributed by atoms with van der Waals surface area (Å²) in [5.74, 6) is 0.00843. The van der Waals surface area contributed by atoms with Gasteiger partial charge in [0.25, 0.3) is 0 Å². The minimum absolute atomic E-state index is 0.00843. The molecule has 0 heterocycles. The largest absolute Gasteiger partial charge is 0.396 e. The minimum atomic E-state index is 0.00843. The highest BCUT2D eigenvalue weighted by molar-refractivity contribution is 6.13. The highest BCUT2D eigenvalue weighted by atomic mass is 16.3. The Morgan fingerprint density at radius 2 is 1.52 bits per heavy atom. The van der Waals surface area contributed by atoms with Crippen molar-refractivity contribution >= 4 is 5.78 Å². The quantitative estimate of drug-likeness (QED) is 0.619. The van der Waals surface area contributed by atoms with Gasteiger partial charge in [-0.1, -0.05) is 93.6 Å². The van der Waals surface area contributed by atoms with Gasteiger partial charge in [-0.3, -0.25) is 4.79 Å². The van der Waals surface area contributed by atoms with Gasteiger partial charge in [0, 0.05) is 17.7 Å². The number of aliphatic hydroxyl groups is 1. The van der Waals surface area contributed by atoms with Gasteiger partial charge in [-0.25, -0.2) is 0 Å². The molecule has 0 aliphatic rings. The van der Waals surface area contributed by atoms with Crippen LogP contribution in [0.15, 0.2) is 72.8 Å². The average Bonchev–Trinajstić information content (AvgIpc) is 2.67. The molecular formula is C25H26O2. The molecule has 0 aliphatic carbocycles.